The van der Waals surface area contributed by atoms with Gasteiger partial charge >= 0.3 is 0 Å². The van der Waals surface area contributed by atoms with E-state index >= 15 is 0 Å². The molecule has 0 radical (unpaired) electrons. The average molecular weight is 338 g/mol. The van der Waals surface area contributed by atoms with Crippen LogP contribution in [-0.2, 0) is 21.2 Å². The van der Waals surface area contributed by atoms with Gasteiger partial charge in [0, 0.05) is 39.3 Å². The highest BCUT2D eigenvalue weighted by Gasteiger charge is 2.29. The van der Waals surface area contributed by atoms with Crippen LogP contribution in [0.4, 0.5) is 0 Å². The highest BCUT2D eigenvalue weighted by atomic mass is 32.2. The summed E-state index contributed by atoms with van der Waals surface area (Å²) >= 11 is 0. The van der Waals surface area contributed by atoms with Gasteiger partial charge in [-0.05, 0) is 37.0 Å². The van der Waals surface area contributed by atoms with Crippen molar-refractivity contribution in [2.45, 2.75) is 37.2 Å². The summed E-state index contributed by atoms with van der Waals surface area (Å²) in [6, 6.07) is 7.26. The lowest BCUT2D eigenvalue weighted by molar-refractivity contribution is 0.0617. The summed E-state index contributed by atoms with van der Waals surface area (Å²) in [7, 11) is -3.36. The van der Waals surface area contributed by atoms with E-state index in [1.165, 1.54) is 0 Å². The van der Waals surface area contributed by atoms with E-state index in [1.807, 2.05) is 12.1 Å². The first-order chi connectivity index (χ1) is 11.1. The van der Waals surface area contributed by atoms with Crippen molar-refractivity contribution in [3.8, 4) is 0 Å². The normalized spacial score (nSPS) is 24.1. The van der Waals surface area contributed by atoms with E-state index in [4.69, 9.17) is 4.74 Å². The molecule has 1 atom stereocenters. The molecular formula is C17H26N2O3S. The molecule has 2 aliphatic rings. The summed E-state index contributed by atoms with van der Waals surface area (Å²) < 4.78 is 32.7. The topological polar surface area (TPSA) is 49.9 Å². The molecule has 0 amide bonds. The van der Waals surface area contributed by atoms with Crippen LogP contribution >= 0.6 is 0 Å². The van der Waals surface area contributed by atoms with Crippen molar-refractivity contribution in [2.24, 2.45) is 0 Å². The van der Waals surface area contributed by atoms with Crippen LogP contribution in [0.25, 0.3) is 0 Å². The van der Waals surface area contributed by atoms with E-state index in [-0.39, 0.29) is 0 Å². The van der Waals surface area contributed by atoms with Gasteiger partial charge < -0.3 is 4.74 Å². The van der Waals surface area contributed by atoms with Crippen LogP contribution in [-0.4, -0.2) is 63.1 Å². The fraction of sp³-hybridized carbons (Fsp3) is 0.647. The van der Waals surface area contributed by atoms with E-state index in [2.05, 4.69) is 11.8 Å². The monoisotopic (exact) mass is 338 g/mol. The number of benzene rings is 1. The maximum Gasteiger partial charge on any atom is 0.243 e. The molecule has 128 valence electrons. The van der Waals surface area contributed by atoms with Gasteiger partial charge in [0.25, 0.3) is 0 Å². The molecule has 2 heterocycles. The lowest BCUT2D eigenvalue weighted by Gasteiger charge is -2.35. The van der Waals surface area contributed by atoms with Gasteiger partial charge in [-0.1, -0.05) is 19.1 Å². The molecule has 0 spiro atoms. The Morgan fingerprint density at radius 3 is 2.39 bits per heavy atom. The summed E-state index contributed by atoms with van der Waals surface area (Å²) in [6.07, 6.45) is 3.52. The number of hydrogen-bond acceptors (Lipinski definition) is 4. The van der Waals surface area contributed by atoms with Gasteiger partial charge in [0.1, 0.15) is 0 Å². The first-order valence-electron chi connectivity index (χ1n) is 8.52. The Morgan fingerprint density at radius 1 is 1.13 bits per heavy atom. The van der Waals surface area contributed by atoms with Gasteiger partial charge in [0.2, 0.25) is 10.0 Å². The van der Waals surface area contributed by atoms with Crippen molar-refractivity contribution < 1.29 is 13.2 Å². The Morgan fingerprint density at radius 2 is 1.83 bits per heavy atom. The smallest absolute Gasteiger partial charge is 0.243 e. The van der Waals surface area contributed by atoms with Crippen molar-refractivity contribution in [1.82, 2.24) is 9.21 Å². The van der Waals surface area contributed by atoms with Gasteiger partial charge in [0.15, 0.2) is 0 Å². The van der Waals surface area contributed by atoms with E-state index in [0.29, 0.717) is 24.1 Å². The van der Waals surface area contributed by atoms with Crippen molar-refractivity contribution in [3.63, 3.8) is 0 Å². The SMILES string of the molecule is CCc1ccc(S(=O)(=O)N2CCN(CC3CCCO3)CC2)cc1. The second kappa shape index (κ2) is 7.30. The average Bonchev–Trinajstić information content (AvgIpc) is 3.08. The molecule has 0 aliphatic carbocycles. The predicted molar refractivity (Wildman–Crippen MR) is 90.0 cm³/mol. The lowest BCUT2D eigenvalue weighted by Crippen LogP contribution is -2.50. The molecule has 2 fully saturated rings. The largest absolute Gasteiger partial charge is 0.377 e. The van der Waals surface area contributed by atoms with E-state index in [9.17, 15) is 8.42 Å². The zero-order chi connectivity index (χ0) is 16.3. The number of nitrogens with zero attached hydrogens (tertiary/aromatic N) is 2. The first-order valence-corrected chi connectivity index (χ1v) is 9.96. The maximum atomic E-state index is 12.7. The Hall–Kier alpha value is -0.950. The second-order valence-corrected chi connectivity index (χ2v) is 8.28. The fourth-order valence-electron chi connectivity index (χ4n) is 3.27. The van der Waals surface area contributed by atoms with Crippen LogP contribution in [0.3, 0.4) is 0 Å². The van der Waals surface area contributed by atoms with Crippen LogP contribution in [0, 0.1) is 0 Å². The fourth-order valence-corrected chi connectivity index (χ4v) is 4.70. The van der Waals surface area contributed by atoms with Gasteiger partial charge in [-0.3, -0.25) is 4.90 Å². The number of ether oxygens (including phenoxy) is 1. The van der Waals surface area contributed by atoms with Gasteiger partial charge in [-0.2, -0.15) is 4.31 Å². The quantitative estimate of drug-likeness (QED) is 0.820. The minimum absolute atomic E-state index is 0.333. The number of rotatable bonds is 5. The Labute approximate surface area is 139 Å². The second-order valence-electron chi connectivity index (χ2n) is 6.34. The minimum Gasteiger partial charge on any atom is -0.377 e. The summed E-state index contributed by atoms with van der Waals surface area (Å²) in [5, 5.41) is 0. The molecule has 1 unspecified atom stereocenters. The van der Waals surface area contributed by atoms with Crippen LogP contribution in [0.5, 0.6) is 0 Å². The summed E-state index contributed by atoms with van der Waals surface area (Å²) in [4.78, 5) is 2.73. The third-order valence-corrected chi connectivity index (χ3v) is 6.70. The van der Waals surface area contributed by atoms with Crippen molar-refractivity contribution in [2.75, 3.05) is 39.3 Å². The summed E-state index contributed by atoms with van der Waals surface area (Å²) in [6.45, 7) is 6.55. The van der Waals surface area contributed by atoms with E-state index in [1.54, 1.807) is 16.4 Å². The molecule has 2 aliphatic heterocycles. The first kappa shape index (κ1) is 16.9. The molecule has 5 nitrogen and oxygen atoms in total. The Kier molecular flexibility index (Phi) is 5.36. The zero-order valence-corrected chi connectivity index (χ0v) is 14.6. The molecule has 1 aromatic carbocycles. The zero-order valence-electron chi connectivity index (χ0n) is 13.8. The Balaban J connectivity index is 1.58. The number of sulfonamides is 1. The van der Waals surface area contributed by atoms with Crippen molar-refractivity contribution in [1.29, 1.82) is 0 Å². The van der Waals surface area contributed by atoms with Crippen molar-refractivity contribution >= 4 is 10.0 Å². The third kappa shape index (κ3) is 3.94. The molecule has 0 N–H and O–H groups in total. The molecule has 6 heteroatoms. The van der Waals surface area contributed by atoms with E-state index in [0.717, 1.165) is 51.1 Å². The highest BCUT2D eigenvalue weighted by Crippen LogP contribution is 2.20. The highest BCUT2D eigenvalue weighted by molar-refractivity contribution is 7.89. The maximum absolute atomic E-state index is 12.7. The molecule has 2 saturated heterocycles. The molecule has 1 aromatic rings. The molecule has 23 heavy (non-hydrogen) atoms. The van der Waals surface area contributed by atoms with Gasteiger partial charge in [-0.15, -0.1) is 0 Å². The molecule has 3 rings (SSSR count). The van der Waals surface area contributed by atoms with Gasteiger partial charge in [0.05, 0.1) is 11.0 Å². The minimum atomic E-state index is -3.36. The van der Waals surface area contributed by atoms with Crippen molar-refractivity contribution in [3.05, 3.63) is 29.8 Å². The van der Waals surface area contributed by atoms with Crippen LogP contribution in [0.1, 0.15) is 25.3 Å². The number of hydrogen-bond donors (Lipinski definition) is 0. The van der Waals surface area contributed by atoms with Crippen LogP contribution in [0.15, 0.2) is 29.2 Å². The predicted octanol–water partition coefficient (Wildman–Crippen LogP) is 1.73. The third-order valence-electron chi connectivity index (χ3n) is 4.79. The number of piperazine rings is 1. The van der Waals surface area contributed by atoms with E-state index < -0.39 is 10.0 Å². The van der Waals surface area contributed by atoms with Crippen LogP contribution in [0.2, 0.25) is 0 Å². The van der Waals surface area contributed by atoms with Gasteiger partial charge in [-0.25, -0.2) is 8.42 Å². The molecule has 0 bridgehead atoms. The molecule has 0 aromatic heterocycles. The molecule has 0 saturated carbocycles. The Bertz CT molecular complexity index is 601. The number of aryl methyl sites for hydroxylation is 1. The molecular weight excluding hydrogens is 312 g/mol. The van der Waals surface area contributed by atoms with Crippen LogP contribution < -0.4 is 0 Å². The summed E-state index contributed by atoms with van der Waals surface area (Å²) in [5.74, 6) is 0. The summed E-state index contributed by atoms with van der Waals surface area (Å²) in [5.41, 5.74) is 1.16. The lowest BCUT2D eigenvalue weighted by atomic mass is 10.2. The standard InChI is InChI=1S/C17H26N2O3S/c1-2-15-5-7-17(8-6-15)23(20,21)19-11-9-18(10-12-19)14-16-4-3-13-22-16/h5-8,16H,2-4,9-14H2,1H3.